The molecule has 28 heavy (non-hydrogen) atoms. The largest absolute Gasteiger partial charge is 0.461 e. The van der Waals surface area contributed by atoms with Crippen LogP contribution in [0.15, 0.2) is 27.8 Å². The van der Waals surface area contributed by atoms with Gasteiger partial charge in [0.15, 0.2) is 18.2 Å². The molecule has 150 valence electrons. The average Bonchev–Trinajstić information content (AvgIpc) is 3.19. The number of piperidine rings is 1. The van der Waals surface area contributed by atoms with Gasteiger partial charge in [-0.1, -0.05) is 13.8 Å². The summed E-state index contributed by atoms with van der Waals surface area (Å²) in [4.78, 5) is 35.7. The highest BCUT2D eigenvalue weighted by Crippen LogP contribution is 2.26. The number of thioether (sulfide) groups is 1. The van der Waals surface area contributed by atoms with E-state index in [1.54, 1.807) is 30.2 Å². The monoisotopic (exact) mass is 403 g/mol. The molecule has 0 aliphatic carbocycles. The summed E-state index contributed by atoms with van der Waals surface area (Å²) in [5.41, 5.74) is 0.777. The summed E-state index contributed by atoms with van der Waals surface area (Å²) in [6.07, 6.45) is 4.48. The Bertz CT molecular complexity index is 843. The number of nitrogens with zero attached hydrogens (tertiary/aromatic N) is 3. The Labute approximate surface area is 168 Å². The van der Waals surface area contributed by atoms with Gasteiger partial charge in [-0.05, 0) is 43.6 Å². The van der Waals surface area contributed by atoms with Crippen LogP contribution in [0.2, 0.25) is 0 Å². The molecule has 0 N–H and O–H groups in total. The lowest BCUT2D eigenvalue weighted by Gasteiger charge is -2.34. The molecule has 1 saturated heterocycles. The molecule has 0 radical (unpaired) electrons. The second kappa shape index (κ2) is 8.77. The molecule has 2 aromatic rings. The molecule has 0 aromatic carbocycles. The van der Waals surface area contributed by atoms with E-state index in [1.165, 1.54) is 11.8 Å². The molecular formula is C20H25N3O4S. The van der Waals surface area contributed by atoms with E-state index in [2.05, 4.69) is 23.8 Å². The first-order valence-corrected chi connectivity index (χ1v) is 10.5. The topological polar surface area (TPSA) is 85.5 Å². The minimum absolute atomic E-state index is 0.164. The van der Waals surface area contributed by atoms with Gasteiger partial charge in [-0.15, -0.1) is 11.8 Å². The fraction of sp³-hybridized carbons (Fsp3) is 0.500. The van der Waals surface area contributed by atoms with Gasteiger partial charge >= 0.3 is 5.97 Å². The van der Waals surface area contributed by atoms with Crippen molar-refractivity contribution >= 4 is 23.6 Å². The molecule has 2 unspecified atom stereocenters. The number of furan rings is 1. The van der Waals surface area contributed by atoms with Crippen LogP contribution in [0.3, 0.4) is 0 Å². The number of hydrogen-bond donors (Lipinski definition) is 0. The first-order valence-electron chi connectivity index (χ1n) is 9.30. The second-order valence-electron chi connectivity index (χ2n) is 7.32. The maximum absolute atomic E-state index is 12.6. The van der Waals surface area contributed by atoms with Crippen LogP contribution in [-0.4, -0.2) is 52.7 Å². The van der Waals surface area contributed by atoms with Crippen molar-refractivity contribution in [2.45, 2.75) is 32.2 Å². The number of carbonyl (C=O) groups excluding carboxylic acids is 2. The number of esters is 1. The maximum atomic E-state index is 12.6. The Balaban J connectivity index is 1.71. The highest BCUT2D eigenvalue weighted by Gasteiger charge is 2.27. The van der Waals surface area contributed by atoms with Crippen molar-refractivity contribution in [3.05, 3.63) is 29.7 Å². The Morgan fingerprint density at radius 3 is 2.61 bits per heavy atom. The van der Waals surface area contributed by atoms with Gasteiger partial charge in [0.05, 0.1) is 12.0 Å². The van der Waals surface area contributed by atoms with Crippen molar-refractivity contribution in [1.29, 1.82) is 0 Å². The van der Waals surface area contributed by atoms with Gasteiger partial charge in [-0.25, -0.2) is 14.8 Å². The van der Waals surface area contributed by atoms with Crippen LogP contribution in [0.4, 0.5) is 0 Å². The van der Waals surface area contributed by atoms with E-state index in [0.29, 0.717) is 47.2 Å². The second-order valence-corrected chi connectivity index (χ2v) is 8.11. The van der Waals surface area contributed by atoms with Crippen LogP contribution in [0.1, 0.15) is 36.3 Å². The van der Waals surface area contributed by atoms with Gasteiger partial charge in [0.25, 0.3) is 5.91 Å². The molecule has 1 aliphatic heterocycles. The molecule has 0 spiro atoms. The molecule has 7 nitrogen and oxygen atoms in total. The normalized spacial score (nSPS) is 19.5. The number of aryl methyl sites for hydroxylation is 1. The van der Waals surface area contributed by atoms with Crippen LogP contribution in [0, 0.1) is 18.8 Å². The van der Waals surface area contributed by atoms with Gasteiger partial charge in [-0.2, -0.15) is 0 Å². The average molecular weight is 404 g/mol. The highest BCUT2D eigenvalue weighted by molar-refractivity contribution is 7.98. The van der Waals surface area contributed by atoms with Crippen molar-refractivity contribution in [2.24, 2.45) is 11.8 Å². The summed E-state index contributed by atoms with van der Waals surface area (Å²) in [7, 11) is 0. The Morgan fingerprint density at radius 2 is 2.00 bits per heavy atom. The van der Waals surface area contributed by atoms with Crippen LogP contribution in [-0.2, 0) is 9.53 Å². The zero-order chi connectivity index (χ0) is 20.3. The number of ether oxygens (including phenoxy) is 1. The van der Waals surface area contributed by atoms with Crippen molar-refractivity contribution in [3.63, 3.8) is 0 Å². The fourth-order valence-corrected chi connectivity index (χ4v) is 4.22. The lowest BCUT2D eigenvalue weighted by atomic mass is 9.92. The minimum atomic E-state index is -0.584. The Hall–Kier alpha value is -2.35. The fourth-order valence-electron chi connectivity index (χ4n) is 3.60. The van der Waals surface area contributed by atoms with Gasteiger partial charge in [-0.3, -0.25) is 4.79 Å². The molecule has 0 bridgehead atoms. The van der Waals surface area contributed by atoms with Gasteiger partial charge in [0.1, 0.15) is 10.6 Å². The molecule has 3 heterocycles. The third kappa shape index (κ3) is 4.55. The molecule has 0 saturated carbocycles. The van der Waals surface area contributed by atoms with E-state index < -0.39 is 5.97 Å². The number of rotatable bonds is 5. The minimum Gasteiger partial charge on any atom is -0.461 e. The quantitative estimate of drug-likeness (QED) is 0.429. The number of carbonyl (C=O) groups is 2. The third-order valence-corrected chi connectivity index (χ3v) is 5.43. The van der Waals surface area contributed by atoms with E-state index in [9.17, 15) is 9.59 Å². The Kier molecular flexibility index (Phi) is 6.39. The molecule has 2 atom stereocenters. The van der Waals surface area contributed by atoms with Gasteiger partial charge < -0.3 is 14.1 Å². The predicted octanol–water partition coefficient (Wildman–Crippen LogP) is 3.43. The lowest BCUT2D eigenvalue weighted by molar-refractivity contribution is -0.137. The highest BCUT2D eigenvalue weighted by atomic mass is 32.2. The third-order valence-electron chi connectivity index (χ3n) is 4.74. The smallest absolute Gasteiger partial charge is 0.343 e. The molecule has 8 heteroatoms. The van der Waals surface area contributed by atoms with Crippen molar-refractivity contribution in [3.8, 4) is 11.6 Å². The number of hydrogen-bond acceptors (Lipinski definition) is 7. The first kappa shape index (κ1) is 20.4. The van der Waals surface area contributed by atoms with E-state index in [0.717, 1.165) is 6.42 Å². The SMILES string of the molecule is CSc1nc(-c2ccco2)nc(C)c1C(=O)OCC(=O)N1CC(C)CC(C)C1. The summed E-state index contributed by atoms with van der Waals surface area (Å²) in [5, 5.41) is 0.497. The molecule has 1 aliphatic rings. The summed E-state index contributed by atoms with van der Waals surface area (Å²) >= 11 is 1.32. The lowest BCUT2D eigenvalue weighted by Crippen LogP contribution is -2.44. The van der Waals surface area contributed by atoms with Crippen LogP contribution >= 0.6 is 11.8 Å². The zero-order valence-electron chi connectivity index (χ0n) is 16.6. The van der Waals surface area contributed by atoms with Crippen LogP contribution < -0.4 is 0 Å². The Morgan fingerprint density at radius 1 is 1.29 bits per heavy atom. The first-order chi connectivity index (χ1) is 13.4. The molecule has 2 aromatic heterocycles. The summed E-state index contributed by atoms with van der Waals surface area (Å²) in [6, 6.07) is 3.51. The van der Waals surface area contributed by atoms with Crippen molar-refractivity contribution in [2.75, 3.05) is 26.0 Å². The number of amides is 1. The molecule has 3 rings (SSSR count). The van der Waals surface area contributed by atoms with Crippen LogP contribution in [0.25, 0.3) is 11.6 Å². The van der Waals surface area contributed by atoms with E-state index in [-0.39, 0.29) is 18.1 Å². The predicted molar refractivity (Wildman–Crippen MR) is 106 cm³/mol. The summed E-state index contributed by atoms with van der Waals surface area (Å²) in [6.45, 7) is 7.13. The summed E-state index contributed by atoms with van der Waals surface area (Å²) < 4.78 is 10.7. The molecule has 1 fully saturated rings. The van der Waals surface area contributed by atoms with Crippen LogP contribution in [0.5, 0.6) is 0 Å². The number of likely N-dealkylation sites (tertiary alicyclic amines) is 1. The van der Waals surface area contributed by atoms with E-state index >= 15 is 0 Å². The summed E-state index contributed by atoms with van der Waals surface area (Å²) in [5.74, 6) is 1.10. The van der Waals surface area contributed by atoms with Gasteiger partial charge in [0.2, 0.25) is 0 Å². The van der Waals surface area contributed by atoms with Crippen molar-refractivity contribution in [1.82, 2.24) is 14.9 Å². The zero-order valence-corrected chi connectivity index (χ0v) is 17.4. The van der Waals surface area contributed by atoms with Crippen molar-refractivity contribution < 1.29 is 18.7 Å². The standard InChI is InChI=1S/C20H25N3O4S/c1-12-8-13(2)10-23(9-12)16(24)11-27-20(25)17-14(3)21-18(22-19(17)28-4)15-6-5-7-26-15/h5-7,12-13H,8-11H2,1-4H3. The van der Waals surface area contributed by atoms with E-state index in [1.807, 2.05) is 6.26 Å². The van der Waals surface area contributed by atoms with Gasteiger partial charge in [0, 0.05) is 13.1 Å². The van der Waals surface area contributed by atoms with E-state index in [4.69, 9.17) is 9.15 Å². The molecule has 1 amide bonds. The number of aromatic nitrogens is 2. The maximum Gasteiger partial charge on any atom is 0.343 e. The molecular weight excluding hydrogens is 378 g/mol.